The second-order valence-corrected chi connectivity index (χ2v) is 12.9. The standard InChI is InChI=1S/C26H25FN8O2.C13H12BFN2O3/c1-2-20(36)34-12-4-5-18(14-34)35-25-21(24(28)31-15-32-25)22(33-35)17-9-7-16(8-10-17)13-30-26(37)23-19(27)6-3-11-29-23;15-11-2-1-7-16-12(11)13(18)17-8-9-3-5-10(6-4-9)14(19)20/h2-3,6-11,15,18H,1,4-5,12-14H2,(H,30,37)(H2,28,31,32);1-7,19-20H,8H2,(H,17,18)/t18-;/m1./s1. The van der Waals surface area contributed by atoms with Crippen LogP contribution < -0.4 is 21.8 Å². The third kappa shape index (κ3) is 9.49. The fraction of sp³-hybridized carbons (Fsp3) is 0.179. The molecule has 6 aromatic rings. The van der Waals surface area contributed by atoms with Crippen LogP contribution in [0.3, 0.4) is 0 Å². The van der Waals surface area contributed by atoms with Gasteiger partial charge in [-0.25, -0.2) is 33.4 Å². The molecule has 5 heterocycles. The summed E-state index contributed by atoms with van der Waals surface area (Å²) in [5, 5.41) is 28.6. The zero-order chi connectivity index (χ0) is 40.5. The van der Waals surface area contributed by atoms with E-state index in [0.717, 1.165) is 29.5 Å². The van der Waals surface area contributed by atoms with Crippen molar-refractivity contribution >= 4 is 47.2 Å². The van der Waals surface area contributed by atoms with Crippen LogP contribution in [0, 0.1) is 11.6 Å². The van der Waals surface area contributed by atoms with Gasteiger partial charge in [0.1, 0.15) is 17.8 Å². The summed E-state index contributed by atoms with van der Waals surface area (Å²) >= 11 is 0. The van der Waals surface area contributed by atoms with E-state index in [9.17, 15) is 23.2 Å². The number of rotatable bonds is 10. The first-order valence-electron chi connectivity index (χ1n) is 17.8. The highest BCUT2D eigenvalue weighted by Crippen LogP contribution is 2.34. The summed E-state index contributed by atoms with van der Waals surface area (Å²) in [7, 11) is -1.53. The molecule has 0 radical (unpaired) electrons. The number of likely N-dealkylation sites (tertiary alicyclic amines) is 1. The molecule has 6 N–H and O–H groups in total. The maximum atomic E-state index is 13.8. The van der Waals surface area contributed by atoms with E-state index < -0.39 is 30.6 Å². The van der Waals surface area contributed by atoms with E-state index in [1.807, 2.05) is 28.9 Å². The average molecular weight is 775 g/mol. The molecular weight excluding hydrogens is 737 g/mol. The first-order chi connectivity index (χ1) is 27.5. The molecule has 7 rings (SSSR count). The van der Waals surface area contributed by atoms with Crippen molar-refractivity contribution < 1.29 is 33.2 Å². The number of aromatic nitrogens is 6. The minimum Gasteiger partial charge on any atom is -0.423 e. The topological polar surface area (TPSA) is 214 Å². The van der Waals surface area contributed by atoms with Crippen molar-refractivity contribution in [3.8, 4) is 11.3 Å². The zero-order valence-corrected chi connectivity index (χ0v) is 30.4. The lowest BCUT2D eigenvalue weighted by molar-refractivity contribution is -0.127. The van der Waals surface area contributed by atoms with E-state index >= 15 is 0 Å². The van der Waals surface area contributed by atoms with Gasteiger partial charge in [-0.05, 0) is 59.8 Å². The number of carbonyl (C=O) groups is 3. The number of amides is 3. The van der Waals surface area contributed by atoms with Crippen LogP contribution in [0.2, 0.25) is 0 Å². The number of hydrogen-bond acceptors (Lipinski definition) is 11. The van der Waals surface area contributed by atoms with Gasteiger partial charge in [-0.15, -0.1) is 0 Å². The normalized spacial score (nSPS) is 13.6. The number of anilines is 1. The summed E-state index contributed by atoms with van der Waals surface area (Å²) in [6.45, 7) is 5.16. The van der Waals surface area contributed by atoms with Crippen molar-refractivity contribution in [2.24, 2.45) is 0 Å². The molecule has 18 heteroatoms. The van der Waals surface area contributed by atoms with Crippen LogP contribution in [0.1, 0.15) is 51.0 Å². The predicted molar refractivity (Wildman–Crippen MR) is 207 cm³/mol. The van der Waals surface area contributed by atoms with E-state index in [1.54, 1.807) is 17.0 Å². The maximum Gasteiger partial charge on any atom is 0.488 e. The minimum atomic E-state index is -1.53. The fourth-order valence-electron chi connectivity index (χ4n) is 6.16. The fourth-order valence-corrected chi connectivity index (χ4v) is 6.16. The van der Waals surface area contributed by atoms with Crippen LogP contribution in [0.4, 0.5) is 14.6 Å². The molecule has 0 bridgehead atoms. The third-order valence-corrected chi connectivity index (χ3v) is 9.11. The van der Waals surface area contributed by atoms with Crippen LogP contribution in [0.15, 0.2) is 104 Å². The van der Waals surface area contributed by atoms with Gasteiger partial charge >= 0.3 is 7.12 Å². The van der Waals surface area contributed by atoms with Crippen LogP contribution in [0.25, 0.3) is 22.3 Å². The van der Waals surface area contributed by atoms with Crippen LogP contribution >= 0.6 is 0 Å². The molecule has 4 aromatic heterocycles. The Morgan fingerprint density at radius 3 is 1.98 bits per heavy atom. The second kappa shape index (κ2) is 18.1. The Kier molecular flexibility index (Phi) is 12.7. The molecule has 2 aromatic carbocycles. The summed E-state index contributed by atoms with van der Waals surface area (Å²) in [5.41, 5.74) is 9.70. The largest absolute Gasteiger partial charge is 0.488 e. The van der Waals surface area contributed by atoms with E-state index in [1.165, 1.54) is 61.2 Å². The predicted octanol–water partition coefficient (Wildman–Crippen LogP) is 2.72. The molecule has 0 spiro atoms. The van der Waals surface area contributed by atoms with Crippen molar-refractivity contribution in [1.82, 2.24) is 45.2 Å². The summed E-state index contributed by atoms with van der Waals surface area (Å²) in [6, 6.07) is 18.9. The number of fused-ring (bicyclic) bond motifs is 1. The average Bonchev–Trinajstić information content (AvgIpc) is 3.63. The Bertz CT molecular complexity index is 2400. The number of pyridine rings is 2. The highest BCUT2D eigenvalue weighted by molar-refractivity contribution is 6.58. The van der Waals surface area contributed by atoms with Gasteiger partial charge in [-0.1, -0.05) is 55.1 Å². The Labute approximate surface area is 325 Å². The molecule has 290 valence electrons. The van der Waals surface area contributed by atoms with Crippen molar-refractivity contribution in [2.75, 3.05) is 18.8 Å². The number of carbonyl (C=O) groups excluding carboxylic acids is 3. The lowest BCUT2D eigenvalue weighted by Gasteiger charge is -2.32. The molecule has 57 heavy (non-hydrogen) atoms. The molecule has 1 atom stereocenters. The maximum absolute atomic E-state index is 13.8. The first-order valence-corrected chi connectivity index (χ1v) is 17.8. The van der Waals surface area contributed by atoms with Gasteiger partial charge in [0.2, 0.25) is 5.91 Å². The molecule has 3 amide bonds. The number of piperidine rings is 1. The molecule has 0 aliphatic carbocycles. The molecular formula is C39H37BF2N10O5. The van der Waals surface area contributed by atoms with Gasteiger partial charge in [0.25, 0.3) is 11.8 Å². The number of benzene rings is 2. The van der Waals surface area contributed by atoms with Gasteiger partial charge in [0, 0.05) is 44.1 Å². The Morgan fingerprint density at radius 2 is 1.44 bits per heavy atom. The minimum absolute atomic E-state index is 0.0651. The summed E-state index contributed by atoms with van der Waals surface area (Å²) in [5.74, 6) is -2.34. The van der Waals surface area contributed by atoms with Gasteiger partial charge in [0.15, 0.2) is 28.7 Å². The van der Waals surface area contributed by atoms with Crippen molar-refractivity contribution in [3.63, 3.8) is 0 Å². The number of hydrogen-bond donors (Lipinski definition) is 5. The monoisotopic (exact) mass is 774 g/mol. The van der Waals surface area contributed by atoms with Crippen molar-refractivity contribution in [3.05, 3.63) is 138 Å². The molecule has 1 saturated heterocycles. The van der Waals surface area contributed by atoms with E-state index in [-0.39, 0.29) is 36.4 Å². The van der Waals surface area contributed by atoms with Gasteiger partial charge in [0.05, 0.1) is 11.4 Å². The Morgan fingerprint density at radius 1 is 0.860 bits per heavy atom. The Hall–Kier alpha value is -6.92. The van der Waals surface area contributed by atoms with E-state index in [0.29, 0.717) is 41.1 Å². The number of nitrogens with zero attached hydrogens (tertiary/aromatic N) is 7. The molecule has 15 nitrogen and oxygen atoms in total. The Balaban J connectivity index is 0.000000232. The lowest BCUT2D eigenvalue weighted by atomic mass is 9.80. The van der Waals surface area contributed by atoms with Gasteiger partial charge in [-0.2, -0.15) is 5.10 Å². The molecule has 1 aliphatic rings. The smallest absolute Gasteiger partial charge is 0.423 e. The number of nitrogen functional groups attached to an aromatic ring is 1. The molecule has 1 fully saturated rings. The zero-order valence-electron chi connectivity index (χ0n) is 30.4. The van der Waals surface area contributed by atoms with Crippen molar-refractivity contribution in [2.45, 2.75) is 32.0 Å². The molecule has 0 saturated carbocycles. The van der Waals surface area contributed by atoms with Gasteiger partial charge < -0.3 is 31.3 Å². The van der Waals surface area contributed by atoms with Crippen molar-refractivity contribution in [1.29, 1.82) is 0 Å². The van der Waals surface area contributed by atoms with Gasteiger partial charge in [-0.3, -0.25) is 14.4 Å². The summed E-state index contributed by atoms with van der Waals surface area (Å²) in [6.07, 6.45) is 7.13. The summed E-state index contributed by atoms with van der Waals surface area (Å²) < 4.78 is 29.0. The highest BCUT2D eigenvalue weighted by atomic mass is 19.1. The number of nitrogens with two attached hydrogens (primary N) is 1. The third-order valence-electron chi connectivity index (χ3n) is 9.11. The molecule has 1 aliphatic heterocycles. The van der Waals surface area contributed by atoms with Crippen LogP contribution in [-0.2, 0) is 17.9 Å². The van der Waals surface area contributed by atoms with Crippen LogP contribution in [0.5, 0.6) is 0 Å². The lowest BCUT2D eigenvalue weighted by Crippen LogP contribution is -2.40. The number of nitrogens with one attached hydrogen (secondary N) is 2. The first kappa shape index (κ1) is 39.8. The number of halogens is 2. The quantitative estimate of drug-likeness (QED) is 0.101. The molecule has 0 unspecified atom stereocenters. The van der Waals surface area contributed by atoms with E-state index in [2.05, 4.69) is 37.1 Å². The second-order valence-electron chi connectivity index (χ2n) is 12.9. The SMILES string of the molecule is C=CC(=O)N1CCC[C@@H](n2nc(-c3ccc(CNC(=O)c4ncccc4F)cc3)c3c(N)ncnc32)C1.O=C(NCc1ccc(B(O)O)cc1)c1ncccc1F. The van der Waals surface area contributed by atoms with Crippen LogP contribution in [-0.4, -0.2) is 82.6 Å². The highest BCUT2D eigenvalue weighted by Gasteiger charge is 2.28. The summed E-state index contributed by atoms with van der Waals surface area (Å²) in [4.78, 5) is 54.0. The van der Waals surface area contributed by atoms with E-state index in [4.69, 9.17) is 20.9 Å².